The van der Waals surface area contributed by atoms with E-state index in [-0.39, 0.29) is 30.5 Å². The largest absolute Gasteiger partial charge is 0.379 e. The van der Waals surface area contributed by atoms with Crippen LogP contribution in [-0.4, -0.2) is 65.7 Å². The number of hydrogen-bond acceptors (Lipinski definition) is 5. The lowest BCUT2D eigenvalue weighted by Gasteiger charge is -2.22. The van der Waals surface area contributed by atoms with Gasteiger partial charge in [0.1, 0.15) is 4.21 Å². The number of likely N-dealkylation sites (N-methyl/N-ethyl adjacent to an activating group) is 1. The summed E-state index contributed by atoms with van der Waals surface area (Å²) in [7, 11) is -1.47. The Morgan fingerprint density at radius 1 is 1.46 bits per heavy atom. The highest BCUT2D eigenvalue weighted by molar-refractivity contribution is 14.0. The first-order chi connectivity index (χ1) is 12.0. The van der Waals surface area contributed by atoms with Gasteiger partial charge in [0.05, 0.1) is 13.2 Å². The van der Waals surface area contributed by atoms with Gasteiger partial charge in [0, 0.05) is 33.3 Å². The van der Waals surface area contributed by atoms with E-state index in [1.165, 1.54) is 24.2 Å². The molecule has 26 heavy (non-hydrogen) atoms. The molecular weight excluding hydrogens is 487 g/mol. The zero-order valence-corrected chi connectivity index (χ0v) is 19.3. The van der Waals surface area contributed by atoms with Crippen molar-refractivity contribution < 1.29 is 13.2 Å². The minimum atomic E-state index is -3.42. The van der Waals surface area contributed by atoms with Gasteiger partial charge in [-0.15, -0.1) is 35.3 Å². The Morgan fingerprint density at radius 2 is 2.23 bits per heavy atom. The molecule has 0 saturated heterocycles. The molecule has 0 bridgehead atoms. The Bertz CT molecular complexity index is 634. The molecule has 2 N–H and O–H groups in total. The summed E-state index contributed by atoms with van der Waals surface area (Å²) in [5.41, 5.74) is 0. The first-order valence-corrected chi connectivity index (χ1v) is 11.0. The van der Waals surface area contributed by atoms with Crippen molar-refractivity contribution in [2.45, 2.75) is 24.0 Å². The Kier molecular flexibility index (Phi) is 11.0. The van der Waals surface area contributed by atoms with Crippen LogP contribution in [0, 0.1) is 5.92 Å². The smallest absolute Gasteiger partial charge is 0.250 e. The second kappa shape index (κ2) is 12.1. The van der Waals surface area contributed by atoms with Gasteiger partial charge >= 0.3 is 0 Å². The number of guanidine groups is 1. The molecule has 0 amide bonds. The quantitative estimate of drug-likeness (QED) is 0.204. The van der Waals surface area contributed by atoms with Gasteiger partial charge in [0.2, 0.25) is 10.0 Å². The lowest BCUT2D eigenvalue weighted by Crippen LogP contribution is -2.41. The van der Waals surface area contributed by atoms with Crippen molar-refractivity contribution in [3.63, 3.8) is 0 Å². The predicted octanol–water partition coefficient (Wildman–Crippen LogP) is 1.97. The normalized spacial score (nSPS) is 14.8. The third kappa shape index (κ3) is 8.51. The molecule has 1 fully saturated rings. The Hall–Kier alpha value is -0.430. The van der Waals surface area contributed by atoms with Crippen molar-refractivity contribution in [1.29, 1.82) is 0 Å². The fourth-order valence-corrected chi connectivity index (χ4v) is 4.20. The number of sulfonamides is 1. The van der Waals surface area contributed by atoms with Gasteiger partial charge < -0.3 is 15.0 Å². The third-order valence-electron chi connectivity index (χ3n) is 3.74. The molecule has 0 aromatic carbocycles. The maximum Gasteiger partial charge on any atom is 0.250 e. The molecule has 1 saturated carbocycles. The molecule has 150 valence electrons. The standard InChI is InChI=1S/C16H28N4O3S2.HI/c1-3-17-16(20(2)10-11-23-13-14-6-7-14)18-8-9-19-25(21,22)15-5-4-12-24-15;/h4-5,12,14,19H,3,6-11,13H2,1-2H3,(H,17,18);1H. The molecule has 1 aliphatic carbocycles. The predicted molar refractivity (Wildman–Crippen MR) is 117 cm³/mol. The summed E-state index contributed by atoms with van der Waals surface area (Å²) in [6.07, 6.45) is 2.59. The van der Waals surface area contributed by atoms with E-state index in [0.717, 1.165) is 31.6 Å². The van der Waals surface area contributed by atoms with E-state index in [0.29, 0.717) is 17.4 Å². The number of hydrogen-bond donors (Lipinski definition) is 2. The lowest BCUT2D eigenvalue weighted by molar-refractivity contribution is 0.115. The second-order valence-corrected chi connectivity index (χ2v) is 8.95. The fourth-order valence-electron chi connectivity index (χ4n) is 2.14. The maximum absolute atomic E-state index is 12.0. The topological polar surface area (TPSA) is 83.0 Å². The van der Waals surface area contributed by atoms with Gasteiger partial charge in [-0.05, 0) is 37.1 Å². The van der Waals surface area contributed by atoms with E-state index in [4.69, 9.17) is 4.74 Å². The second-order valence-electron chi connectivity index (χ2n) is 6.01. The summed E-state index contributed by atoms with van der Waals surface area (Å²) in [5.74, 6) is 1.52. The number of ether oxygens (including phenoxy) is 1. The zero-order valence-electron chi connectivity index (χ0n) is 15.3. The minimum absolute atomic E-state index is 0. The Labute approximate surface area is 177 Å². The first-order valence-electron chi connectivity index (χ1n) is 8.63. The van der Waals surface area contributed by atoms with Crippen LogP contribution in [0.3, 0.4) is 0 Å². The molecule has 7 nitrogen and oxygen atoms in total. The van der Waals surface area contributed by atoms with Gasteiger partial charge in [-0.2, -0.15) is 0 Å². The molecule has 10 heteroatoms. The maximum atomic E-state index is 12.0. The summed E-state index contributed by atoms with van der Waals surface area (Å²) in [4.78, 5) is 6.48. The van der Waals surface area contributed by atoms with Crippen LogP contribution in [0.2, 0.25) is 0 Å². The highest BCUT2D eigenvalue weighted by atomic mass is 127. The van der Waals surface area contributed by atoms with Gasteiger partial charge in [-0.25, -0.2) is 13.1 Å². The van der Waals surface area contributed by atoms with Crippen LogP contribution in [0.5, 0.6) is 0 Å². The molecule has 0 aliphatic heterocycles. The lowest BCUT2D eigenvalue weighted by atomic mass is 10.5. The van der Waals surface area contributed by atoms with Crippen LogP contribution in [0.4, 0.5) is 0 Å². The van der Waals surface area contributed by atoms with Crippen LogP contribution in [0.15, 0.2) is 26.7 Å². The Balaban J connectivity index is 0.00000338. The summed E-state index contributed by atoms with van der Waals surface area (Å²) < 4.78 is 32.6. The SMILES string of the molecule is CCNC(=NCCNS(=O)(=O)c1cccs1)N(C)CCOCC1CC1.I. The van der Waals surface area contributed by atoms with Crippen molar-refractivity contribution >= 4 is 51.3 Å². The van der Waals surface area contributed by atoms with Gasteiger partial charge in [-0.3, -0.25) is 4.99 Å². The van der Waals surface area contributed by atoms with Crippen molar-refractivity contribution in [2.75, 3.05) is 46.4 Å². The van der Waals surface area contributed by atoms with Crippen LogP contribution >= 0.6 is 35.3 Å². The number of nitrogens with one attached hydrogen (secondary N) is 2. The number of thiophene rings is 1. The zero-order chi connectivity index (χ0) is 18.1. The van der Waals surface area contributed by atoms with E-state index >= 15 is 0 Å². The van der Waals surface area contributed by atoms with E-state index in [2.05, 4.69) is 15.0 Å². The van der Waals surface area contributed by atoms with Crippen molar-refractivity contribution in [3.8, 4) is 0 Å². The molecule has 0 atom stereocenters. The highest BCUT2D eigenvalue weighted by Gasteiger charge is 2.21. The number of rotatable bonds is 11. The molecule has 1 aromatic rings. The molecule has 1 aromatic heterocycles. The van der Waals surface area contributed by atoms with Crippen molar-refractivity contribution in [2.24, 2.45) is 10.9 Å². The fraction of sp³-hybridized carbons (Fsp3) is 0.688. The van der Waals surface area contributed by atoms with Crippen molar-refractivity contribution in [3.05, 3.63) is 17.5 Å². The van der Waals surface area contributed by atoms with E-state index < -0.39 is 10.0 Å². The Morgan fingerprint density at radius 3 is 2.85 bits per heavy atom. The molecular formula is C16H29IN4O3S2. The molecule has 0 unspecified atom stereocenters. The highest BCUT2D eigenvalue weighted by Crippen LogP contribution is 2.28. The van der Waals surface area contributed by atoms with E-state index in [1.54, 1.807) is 17.5 Å². The number of nitrogens with zero attached hydrogens (tertiary/aromatic N) is 2. The summed E-state index contributed by atoms with van der Waals surface area (Å²) in [6.45, 7) is 5.68. The van der Waals surface area contributed by atoms with Crippen LogP contribution in [-0.2, 0) is 14.8 Å². The molecule has 0 radical (unpaired) electrons. The molecule has 1 aliphatic rings. The average Bonchev–Trinajstić information content (AvgIpc) is 3.23. The number of halogens is 1. The van der Waals surface area contributed by atoms with Crippen molar-refractivity contribution in [1.82, 2.24) is 14.9 Å². The molecule has 0 spiro atoms. The first kappa shape index (κ1) is 23.6. The van der Waals surface area contributed by atoms with E-state index in [9.17, 15) is 8.42 Å². The summed E-state index contributed by atoms with van der Waals surface area (Å²) in [6, 6.07) is 3.32. The number of aliphatic imine (C=N–C) groups is 1. The minimum Gasteiger partial charge on any atom is -0.379 e. The van der Waals surface area contributed by atoms with Gasteiger partial charge in [0.15, 0.2) is 5.96 Å². The molecule has 2 rings (SSSR count). The third-order valence-corrected chi connectivity index (χ3v) is 6.60. The van der Waals surface area contributed by atoms with Crippen LogP contribution in [0.25, 0.3) is 0 Å². The summed E-state index contributed by atoms with van der Waals surface area (Å²) in [5, 5.41) is 4.96. The summed E-state index contributed by atoms with van der Waals surface area (Å²) >= 11 is 1.20. The molecule has 1 heterocycles. The van der Waals surface area contributed by atoms with E-state index in [1.807, 2.05) is 18.9 Å². The van der Waals surface area contributed by atoms with Gasteiger partial charge in [-0.1, -0.05) is 6.07 Å². The van der Waals surface area contributed by atoms with Gasteiger partial charge in [0.25, 0.3) is 0 Å². The van der Waals surface area contributed by atoms with Crippen LogP contribution < -0.4 is 10.0 Å². The monoisotopic (exact) mass is 516 g/mol. The average molecular weight is 516 g/mol. The van der Waals surface area contributed by atoms with Crippen LogP contribution in [0.1, 0.15) is 19.8 Å².